The van der Waals surface area contributed by atoms with Gasteiger partial charge in [0.25, 0.3) is 5.91 Å². The number of rotatable bonds is 7. The number of likely N-dealkylation sites (N-methyl/N-ethyl adjacent to an activating group) is 1. The molecule has 5 heteroatoms. The molecule has 0 atom stereocenters. The molecule has 2 N–H and O–H groups in total. The molecule has 5 nitrogen and oxygen atoms in total. The number of amides is 1. The zero-order valence-corrected chi connectivity index (χ0v) is 9.86. The van der Waals surface area contributed by atoms with Gasteiger partial charge in [0.2, 0.25) is 0 Å². The van der Waals surface area contributed by atoms with Crippen LogP contribution in [0.1, 0.15) is 20.3 Å². The lowest BCUT2D eigenvalue weighted by molar-refractivity contribution is -0.117. The average molecular weight is 225 g/mol. The first-order valence-electron chi connectivity index (χ1n) is 5.44. The zero-order valence-electron chi connectivity index (χ0n) is 9.86. The summed E-state index contributed by atoms with van der Waals surface area (Å²) < 4.78 is 0. The van der Waals surface area contributed by atoms with Crippen LogP contribution in [0, 0.1) is 11.3 Å². The molecule has 0 heterocycles. The van der Waals surface area contributed by atoms with Crippen LogP contribution in [0.2, 0.25) is 0 Å². The minimum Gasteiger partial charge on any atom is -0.395 e. The van der Waals surface area contributed by atoms with Gasteiger partial charge in [-0.25, -0.2) is 0 Å². The number of hydrogen-bond donors (Lipinski definition) is 2. The summed E-state index contributed by atoms with van der Waals surface area (Å²) in [5, 5.41) is 20.3. The van der Waals surface area contributed by atoms with Crippen LogP contribution in [0.5, 0.6) is 0 Å². The minimum atomic E-state index is -0.360. The average Bonchev–Trinajstić information content (AvgIpc) is 2.31. The van der Waals surface area contributed by atoms with Crippen molar-refractivity contribution in [2.75, 3.05) is 26.2 Å². The van der Waals surface area contributed by atoms with Gasteiger partial charge in [-0.2, -0.15) is 5.26 Å². The molecule has 0 aliphatic rings. The van der Waals surface area contributed by atoms with Gasteiger partial charge < -0.3 is 15.3 Å². The van der Waals surface area contributed by atoms with Crippen LogP contribution >= 0.6 is 0 Å². The van der Waals surface area contributed by atoms with E-state index >= 15 is 0 Å². The van der Waals surface area contributed by atoms with E-state index in [1.165, 1.54) is 6.20 Å². The molecule has 0 aromatic carbocycles. The fourth-order valence-corrected chi connectivity index (χ4v) is 1.10. The summed E-state index contributed by atoms with van der Waals surface area (Å²) in [6.07, 6.45) is 2.32. The van der Waals surface area contributed by atoms with E-state index in [0.717, 1.165) is 6.42 Å². The van der Waals surface area contributed by atoms with Gasteiger partial charge in [-0.05, 0) is 13.3 Å². The van der Waals surface area contributed by atoms with Crippen molar-refractivity contribution in [3.05, 3.63) is 11.8 Å². The Kier molecular flexibility index (Phi) is 7.90. The maximum Gasteiger partial charge on any atom is 0.263 e. The molecule has 0 saturated heterocycles. The van der Waals surface area contributed by atoms with Crippen molar-refractivity contribution in [1.29, 1.82) is 5.26 Å². The van der Waals surface area contributed by atoms with Gasteiger partial charge in [-0.1, -0.05) is 6.92 Å². The first-order valence-corrected chi connectivity index (χ1v) is 5.44. The Balaban J connectivity index is 4.51. The Morgan fingerprint density at radius 2 is 2.25 bits per heavy atom. The lowest BCUT2D eigenvalue weighted by Crippen LogP contribution is -2.28. The number of nitrogens with zero attached hydrogens (tertiary/aromatic N) is 2. The summed E-state index contributed by atoms with van der Waals surface area (Å²) in [5.41, 5.74) is 0.0729. The summed E-state index contributed by atoms with van der Waals surface area (Å²) >= 11 is 0. The Morgan fingerprint density at radius 3 is 2.69 bits per heavy atom. The normalized spacial score (nSPS) is 10.8. The lowest BCUT2D eigenvalue weighted by Gasteiger charge is -2.16. The van der Waals surface area contributed by atoms with Crippen LogP contribution in [0.4, 0.5) is 0 Å². The topological polar surface area (TPSA) is 76.4 Å². The second-order valence-corrected chi connectivity index (χ2v) is 3.26. The van der Waals surface area contributed by atoms with Crippen molar-refractivity contribution < 1.29 is 9.90 Å². The van der Waals surface area contributed by atoms with Crippen LogP contribution in [-0.4, -0.2) is 42.2 Å². The predicted octanol–water partition coefficient (Wildman–Crippen LogP) is 0.234. The maximum atomic E-state index is 11.5. The zero-order chi connectivity index (χ0) is 12.4. The number of carbonyl (C=O) groups excluding carboxylic acids is 1. The number of nitrogens with one attached hydrogen (secondary N) is 1. The number of aliphatic hydroxyl groups is 1. The molecule has 0 bridgehead atoms. The molecular weight excluding hydrogens is 206 g/mol. The molecule has 0 unspecified atom stereocenters. The molecule has 0 rings (SSSR count). The second kappa shape index (κ2) is 8.74. The highest BCUT2D eigenvalue weighted by Gasteiger charge is 2.09. The molecule has 0 radical (unpaired) electrons. The highest BCUT2D eigenvalue weighted by atomic mass is 16.3. The quantitative estimate of drug-likeness (QED) is 0.480. The molecule has 0 spiro atoms. The molecule has 90 valence electrons. The van der Waals surface area contributed by atoms with Crippen molar-refractivity contribution in [1.82, 2.24) is 10.2 Å². The summed E-state index contributed by atoms with van der Waals surface area (Å²) in [7, 11) is 0. The molecule has 0 fully saturated rings. The Morgan fingerprint density at radius 1 is 1.56 bits per heavy atom. The van der Waals surface area contributed by atoms with Crippen LogP contribution in [0.3, 0.4) is 0 Å². The summed E-state index contributed by atoms with van der Waals surface area (Å²) in [6, 6.07) is 1.86. The van der Waals surface area contributed by atoms with Gasteiger partial charge in [0.15, 0.2) is 0 Å². The standard InChI is InChI=1S/C11H19N3O2/c1-3-5-13-11(16)10(8-12)9-14(4-2)6-7-15/h9,15H,3-7H2,1-2H3,(H,13,16)/b10-9-. The van der Waals surface area contributed by atoms with E-state index in [2.05, 4.69) is 5.32 Å². The summed E-state index contributed by atoms with van der Waals surface area (Å²) in [5.74, 6) is -0.360. The minimum absolute atomic E-state index is 0.000369. The highest BCUT2D eigenvalue weighted by Crippen LogP contribution is 1.98. The smallest absolute Gasteiger partial charge is 0.263 e. The van der Waals surface area contributed by atoms with Crippen molar-refractivity contribution >= 4 is 5.91 Å². The molecule has 0 aromatic rings. The number of carbonyl (C=O) groups is 1. The van der Waals surface area contributed by atoms with Crippen molar-refractivity contribution in [2.45, 2.75) is 20.3 Å². The van der Waals surface area contributed by atoms with E-state index in [1.54, 1.807) is 4.90 Å². The SMILES string of the molecule is CCCNC(=O)/C(C#N)=C\N(CC)CCO. The monoisotopic (exact) mass is 225 g/mol. The molecule has 0 aliphatic heterocycles. The third-order valence-corrected chi connectivity index (χ3v) is 2.01. The van der Waals surface area contributed by atoms with Gasteiger partial charge in [-0.15, -0.1) is 0 Å². The maximum absolute atomic E-state index is 11.5. The van der Waals surface area contributed by atoms with Gasteiger partial charge in [0.1, 0.15) is 11.6 Å². The fourth-order valence-electron chi connectivity index (χ4n) is 1.10. The molecule has 0 saturated carbocycles. The van der Waals surface area contributed by atoms with E-state index in [0.29, 0.717) is 19.6 Å². The molecule has 1 amide bonds. The summed E-state index contributed by atoms with van der Waals surface area (Å²) in [4.78, 5) is 13.2. The molecular formula is C11H19N3O2. The molecule has 0 aromatic heterocycles. The van der Waals surface area contributed by atoms with Gasteiger partial charge in [0, 0.05) is 25.8 Å². The number of hydrogen-bond acceptors (Lipinski definition) is 4. The first kappa shape index (κ1) is 14.5. The third-order valence-electron chi connectivity index (χ3n) is 2.01. The van der Waals surface area contributed by atoms with E-state index in [1.807, 2.05) is 19.9 Å². The van der Waals surface area contributed by atoms with Gasteiger partial charge in [0.05, 0.1) is 6.61 Å². The number of nitriles is 1. The van der Waals surface area contributed by atoms with E-state index in [4.69, 9.17) is 10.4 Å². The largest absolute Gasteiger partial charge is 0.395 e. The highest BCUT2D eigenvalue weighted by molar-refractivity contribution is 5.97. The van der Waals surface area contributed by atoms with Crippen LogP contribution < -0.4 is 5.32 Å². The van der Waals surface area contributed by atoms with E-state index < -0.39 is 0 Å². The molecule has 0 aliphatic carbocycles. The second-order valence-electron chi connectivity index (χ2n) is 3.26. The molecule has 16 heavy (non-hydrogen) atoms. The Labute approximate surface area is 96.4 Å². The van der Waals surface area contributed by atoms with Crippen molar-refractivity contribution in [2.24, 2.45) is 0 Å². The predicted molar refractivity (Wildman–Crippen MR) is 61.3 cm³/mol. The third kappa shape index (κ3) is 5.37. The van der Waals surface area contributed by atoms with Crippen LogP contribution in [0.25, 0.3) is 0 Å². The van der Waals surface area contributed by atoms with E-state index in [-0.39, 0.29) is 18.1 Å². The van der Waals surface area contributed by atoms with Gasteiger partial charge >= 0.3 is 0 Å². The van der Waals surface area contributed by atoms with E-state index in [9.17, 15) is 4.79 Å². The fraction of sp³-hybridized carbons (Fsp3) is 0.636. The Bertz CT molecular complexity index is 281. The van der Waals surface area contributed by atoms with Gasteiger partial charge in [-0.3, -0.25) is 4.79 Å². The van der Waals surface area contributed by atoms with Crippen LogP contribution in [-0.2, 0) is 4.79 Å². The van der Waals surface area contributed by atoms with Crippen molar-refractivity contribution in [3.63, 3.8) is 0 Å². The number of aliphatic hydroxyl groups excluding tert-OH is 1. The Hall–Kier alpha value is -1.54. The van der Waals surface area contributed by atoms with Crippen LogP contribution in [0.15, 0.2) is 11.8 Å². The first-order chi connectivity index (χ1) is 7.69. The van der Waals surface area contributed by atoms with Crippen molar-refractivity contribution in [3.8, 4) is 6.07 Å². The summed E-state index contributed by atoms with van der Waals surface area (Å²) in [6.45, 7) is 5.46. The lowest BCUT2D eigenvalue weighted by atomic mass is 10.3.